The van der Waals surface area contributed by atoms with Crippen molar-refractivity contribution in [1.29, 1.82) is 0 Å². The van der Waals surface area contributed by atoms with Crippen LogP contribution in [0.25, 0.3) is 0 Å². The fraction of sp³-hybridized carbons (Fsp3) is 1.00. The van der Waals surface area contributed by atoms with E-state index in [9.17, 15) is 8.42 Å². The quantitative estimate of drug-likeness (QED) is 0.528. The molecule has 2 saturated heterocycles. The Kier molecular flexibility index (Phi) is 3.31. The van der Waals surface area contributed by atoms with Crippen LogP contribution in [0.5, 0.6) is 0 Å². The molecule has 0 saturated carbocycles. The van der Waals surface area contributed by atoms with E-state index in [1.165, 1.54) is 6.26 Å². The molecular weight excluding hydrogens is 327 g/mol. The summed E-state index contributed by atoms with van der Waals surface area (Å²) in [4.78, 5) is 0. The molecule has 1 spiro atoms. The minimum absolute atomic E-state index is 0.282. The van der Waals surface area contributed by atoms with Crippen molar-refractivity contribution >= 4 is 32.9 Å². The van der Waals surface area contributed by atoms with E-state index in [1.54, 1.807) is 4.31 Å². The van der Waals surface area contributed by atoms with Crippen LogP contribution in [0.1, 0.15) is 19.3 Å². The lowest BCUT2D eigenvalue weighted by Crippen LogP contribution is -2.38. The van der Waals surface area contributed by atoms with Crippen LogP contribution < -0.4 is 0 Å². The number of sulfonamides is 1. The third kappa shape index (κ3) is 2.65. The van der Waals surface area contributed by atoms with Crippen molar-refractivity contribution in [3.05, 3.63) is 0 Å². The van der Waals surface area contributed by atoms with Gasteiger partial charge in [0.1, 0.15) is 0 Å². The van der Waals surface area contributed by atoms with Crippen LogP contribution >= 0.6 is 22.9 Å². The Morgan fingerprint density at radius 1 is 1.13 bits per heavy atom. The highest BCUT2D eigenvalue weighted by Crippen LogP contribution is 2.41. The average Bonchev–Trinajstić information content (AvgIpc) is 2.55. The first-order chi connectivity index (χ1) is 6.91. The zero-order valence-corrected chi connectivity index (χ0v) is 11.9. The van der Waals surface area contributed by atoms with E-state index < -0.39 is 10.0 Å². The predicted octanol–water partition coefficient (Wildman–Crippen LogP) is 1.08. The van der Waals surface area contributed by atoms with Gasteiger partial charge in [-0.05, 0) is 24.7 Å². The molecule has 2 aliphatic rings. The van der Waals surface area contributed by atoms with Crippen molar-refractivity contribution in [3.63, 3.8) is 0 Å². The Hall–Kier alpha value is 0.600. The second-order valence-corrected chi connectivity index (χ2v) is 8.10. The van der Waals surface area contributed by atoms with Crippen LogP contribution in [-0.4, -0.2) is 48.3 Å². The van der Waals surface area contributed by atoms with Crippen LogP contribution in [-0.2, 0) is 10.0 Å². The molecule has 88 valence electrons. The van der Waals surface area contributed by atoms with Crippen molar-refractivity contribution in [2.24, 2.45) is 5.41 Å². The van der Waals surface area contributed by atoms with Crippen LogP contribution in [0.4, 0.5) is 0 Å². The number of hydrogen-bond donors (Lipinski definition) is 0. The lowest BCUT2D eigenvalue weighted by atomic mass is 9.78. The van der Waals surface area contributed by atoms with Gasteiger partial charge in [0.25, 0.3) is 0 Å². The summed E-state index contributed by atoms with van der Waals surface area (Å²) in [6, 6.07) is 0. The summed E-state index contributed by atoms with van der Waals surface area (Å²) in [5, 5.41) is 0. The van der Waals surface area contributed by atoms with Crippen molar-refractivity contribution in [3.8, 4) is 0 Å². The molecule has 0 aliphatic carbocycles. The maximum atomic E-state index is 11.4. The standard InChI is InChI=1S/C9H17IN2O2S/c1-15(13,14)12-7-4-9(8-12)2-5-11(10)6-3-9/h2-8H2,1H3. The van der Waals surface area contributed by atoms with E-state index >= 15 is 0 Å². The maximum Gasteiger partial charge on any atom is 0.211 e. The predicted molar refractivity (Wildman–Crippen MR) is 68.3 cm³/mol. The fourth-order valence-corrected chi connectivity index (χ4v) is 3.95. The Morgan fingerprint density at radius 2 is 1.67 bits per heavy atom. The number of halogens is 1. The first kappa shape index (κ1) is 12.1. The van der Waals surface area contributed by atoms with Gasteiger partial charge in [0, 0.05) is 49.0 Å². The average molecular weight is 344 g/mol. The number of rotatable bonds is 1. The van der Waals surface area contributed by atoms with E-state index in [1.807, 2.05) is 0 Å². The molecule has 0 atom stereocenters. The molecule has 2 heterocycles. The van der Waals surface area contributed by atoms with E-state index in [4.69, 9.17) is 0 Å². The summed E-state index contributed by atoms with van der Waals surface area (Å²) < 4.78 is 26.8. The fourth-order valence-electron chi connectivity index (χ4n) is 2.54. The molecule has 2 rings (SSSR count). The van der Waals surface area contributed by atoms with E-state index in [0.29, 0.717) is 0 Å². The molecule has 0 aromatic carbocycles. The summed E-state index contributed by atoms with van der Waals surface area (Å²) >= 11 is 2.35. The van der Waals surface area contributed by atoms with Crippen molar-refractivity contribution in [2.75, 3.05) is 32.4 Å². The molecule has 0 N–H and O–H groups in total. The number of hydrogen-bond acceptors (Lipinski definition) is 3. The van der Waals surface area contributed by atoms with Crippen molar-refractivity contribution < 1.29 is 8.42 Å². The van der Waals surface area contributed by atoms with E-state index in [0.717, 1.165) is 45.4 Å². The summed E-state index contributed by atoms with van der Waals surface area (Å²) in [5.41, 5.74) is 0.282. The van der Waals surface area contributed by atoms with Crippen molar-refractivity contribution in [2.45, 2.75) is 19.3 Å². The summed E-state index contributed by atoms with van der Waals surface area (Å²) in [7, 11) is -2.97. The first-order valence-corrected chi connectivity index (χ1v) is 8.09. The monoisotopic (exact) mass is 344 g/mol. The van der Waals surface area contributed by atoms with Crippen LogP contribution in [0.2, 0.25) is 0 Å². The first-order valence-electron chi connectivity index (χ1n) is 5.27. The lowest BCUT2D eigenvalue weighted by Gasteiger charge is -2.36. The van der Waals surface area contributed by atoms with Gasteiger partial charge < -0.3 is 0 Å². The van der Waals surface area contributed by atoms with E-state index in [2.05, 4.69) is 26.0 Å². The minimum atomic E-state index is -2.97. The zero-order chi connectivity index (χ0) is 11.1. The number of nitrogens with zero attached hydrogens (tertiary/aromatic N) is 2. The Labute approximate surface area is 106 Å². The molecule has 0 aromatic heterocycles. The Balaban J connectivity index is 2.03. The zero-order valence-electron chi connectivity index (χ0n) is 8.95. The highest BCUT2D eigenvalue weighted by molar-refractivity contribution is 14.1. The molecule has 15 heavy (non-hydrogen) atoms. The summed E-state index contributed by atoms with van der Waals surface area (Å²) in [6.45, 7) is 3.66. The normalized spacial score (nSPS) is 28.7. The molecule has 0 unspecified atom stereocenters. The largest absolute Gasteiger partial charge is 0.248 e. The SMILES string of the molecule is CS(=O)(=O)N1CCC2(CCN(I)CC2)C1. The Morgan fingerprint density at radius 3 is 2.13 bits per heavy atom. The van der Waals surface area contributed by atoms with Gasteiger partial charge in [-0.2, -0.15) is 0 Å². The molecule has 4 nitrogen and oxygen atoms in total. The molecule has 0 aromatic rings. The third-order valence-corrected chi connectivity index (χ3v) is 5.86. The van der Waals surface area contributed by atoms with Gasteiger partial charge in [-0.3, -0.25) is 0 Å². The van der Waals surface area contributed by atoms with E-state index in [-0.39, 0.29) is 5.41 Å². The molecule has 2 fully saturated rings. The summed E-state index contributed by atoms with van der Waals surface area (Å²) in [5.74, 6) is 0. The van der Waals surface area contributed by atoms with Gasteiger partial charge in [0.05, 0.1) is 6.26 Å². The Bertz CT molecular complexity index is 336. The smallest absolute Gasteiger partial charge is 0.211 e. The van der Waals surface area contributed by atoms with Crippen LogP contribution in [0.3, 0.4) is 0 Å². The van der Waals surface area contributed by atoms with Gasteiger partial charge in [-0.15, -0.1) is 0 Å². The third-order valence-electron chi connectivity index (χ3n) is 3.64. The second-order valence-electron chi connectivity index (χ2n) is 4.76. The minimum Gasteiger partial charge on any atom is -0.248 e. The van der Waals surface area contributed by atoms with Gasteiger partial charge >= 0.3 is 0 Å². The number of piperidine rings is 1. The topological polar surface area (TPSA) is 40.6 Å². The van der Waals surface area contributed by atoms with Gasteiger partial charge in [0.2, 0.25) is 10.0 Å². The highest BCUT2D eigenvalue weighted by atomic mass is 127. The molecular formula is C9H17IN2O2S. The molecule has 0 bridgehead atoms. The molecule has 0 radical (unpaired) electrons. The maximum absolute atomic E-state index is 11.4. The van der Waals surface area contributed by atoms with Gasteiger partial charge in [-0.1, -0.05) is 0 Å². The molecule has 0 amide bonds. The van der Waals surface area contributed by atoms with Crippen LogP contribution in [0, 0.1) is 5.41 Å². The highest BCUT2D eigenvalue weighted by Gasteiger charge is 2.42. The molecule has 2 aliphatic heterocycles. The molecule has 6 heteroatoms. The van der Waals surface area contributed by atoms with Crippen LogP contribution in [0.15, 0.2) is 0 Å². The van der Waals surface area contributed by atoms with Gasteiger partial charge in [-0.25, -0.2) is 15.8 Å². The summed E-state index contributed by atoms with van der Waals surface area (Å²) in [6.07, 6.45) is 4.65. The second kappa shape index (κ2) is 4.12. The lowest BCUT2D eigenvalue weighted by molar-refractivity contribution is 0.184. The van der Waals surface area contributed by atoms with Gasteiger partial charge in [0.15, 0.2) is 0 Å². The van der Waals surface area contributed by atoms with Crippen molar-refractivity contribution in [1.82, 2.24) is 7.42 Å².